The SMILES string of the molecule is C=CCCCNc1ccc2c(c1)OC(=O)CC2C. The van der Waals surface area contributed by atoms with Gasteiger partial charge in [0, 0.05) is 18.3 Å². The zero-order chi connectivity index (χ0) is 13.0. The minimum atomic E-state index is -0.140. The van der Waals surface area contributed by atoms with Crippen LogP contribution < -0.4 is 10.1 Å². The van der Waals surface area contributed by atoms with E-state index in [-0.39, 0.29) is 11.9 Å². The summed E-state index contributed by atoms with van der Waals surface area (Å²) in [6, 6.07) is 6.00. The maximum absolute atomic E-state index is 11.4. The van der Waals surface area contributed by atoms with Crippen LogP contribution in [0.25, 0.3) is 0 Å². The van der Waals surface area contributed by atoms with Gasteiger partial charge in [-0.1, -0.05) is 19.1 Å². The van der Waals surface area contributed by atoms with Gasteiger partial charge in [0.1, 0.15) is 5.75 Å². The first kappa shape index (κ1) is 12.7. The van der Waals surface area contributed by atoms with E-state index in [0.29, 0.717) is 12.2 Å². The van der Waals surface area contributed by atoms with E-state index < -0.39 is 0 Å². The topological polar surface area (TPSA) is 38.3 Å². The number of carbonyl (C=O) groups is 1. The molecule has 0 aliphatic carbocycles. The molecule has 0 saturated heterocycles. The summed E-state index contributed by atoms with van der Waals surface area (Å²) < 4.78 is 5.28. The van der Waals surface area contributed by atoms with E-state index in [0.717, 1.165) is 30.6 Å². The van der Waals surface area contributed by atoms with Crippen LogP contribution >= 0.6 is 0 Å². The third-order valence-electron chi connectivity index (χ3n) is 3.16. The van der Waals surface area contributed by atoms with Crippen molar-refractivity contribution >= 4 is 11.7 Å². The summed E-state index contributed by atoms with van der Waals surface area (Å²) in [5, 5.41) is 3.32. The van der Waals surface area contributed by atoms with Crippen LogP contribution in [0.1, 0.15) is 37.7 Å². The van der Waals surface area contributed by atoms with Crippen LogP contribution in [0.2, 0.25) is 0 Å². The molecule has 0 saturated carbocycles. The number of hydrogen-bond acceptors (Lipinski definition) is 3. The van der Waals surface area contributed by atoms with E-state index in [2.05, 4.69) is 18.8 Å². The van der Waals surface area contributed by atoms with Crippen LogP contribution in [0.3, 0.4) is 0 Å². The second kappa shape index (κ2) is 5.71. The molecule has 0 aromatic heterocycles. The molecule has 1 unspecified atom stereocenters. The van der Waals surface area contributed by atoms with E-state index in [9.17, 15) is 4.79 Å². The monoisotopic (exact) mass is 245 g/mol. The van der Waals surface area contributed by atoms with Gasteiger partial charge in [-0.3, -0.25) is 4.79 Å². The molecule has 1 heterocycles. The minimum Gasteiger partial charge on any atom is -0.426 e. The normalized spacial score (nSPS) is 17.8. The fourth-order valence-corrected chi connectivity index (χ4v) is 2.14. The van der Waals surface area contributed by atoms with Crippen molar-refractivity contribution < 1.29 is 9.53 Å². The molecule has 0 fully saturated rings. The Morgan fingerprint density at radius 1 is 1.56 bits per heavy atom. The van der Waals surface area contributed by atoms with E-state index >= 15 is 0 Å². The molecule has 2 rings (SSSR count). The summed E-state index contributed by atoms with van der Waals surface area (Å²) in [6.07, 6.45) is 4.44. The molecule has 3 nitrogen and oxygen atoms in total. The van der Waals surface area contributed by atoms with Crippen molar-refractivity contribution in [3.05, 3.63) is 36.4 Å². The van der Waals surface area contributed by atoms with Gasteiger partial charge in [0.05, 0.1) is 6.42 Å². The Balaban J connectivity index is 2.04. The second-order valence-corrected chi connectivity index (χ2v) is 4.69. The minimum absolute atomic E-state index is 0.140. The highest BCUT2D eigenvalue weighted by atomic mass is 16.5. The molecule has 0 radical (unpaired) electrons. The van der Waals surface area contributed by atoms with Gasteiger partial charge >= 0.3 is 5.97 Å². The molecule has 1 atom stereocenters. The highest BCUT2D eigenvalue weighted by molar-refractivity contribution is 5.77. The van der Waals surface area contributed by atoms with E-state index in [1.54, 1.807) is 0 Å². The van der Waals surface area contributed by atoms with Crippen LogP contribution in [-0.4, -0.2) is 12.5 Å². The number of unbranched alkanes of at least 4 members (excludes halogenated alkanes) is 1. The average molecular weight is 245 g/mol. The molecular weight excluding hydrogens is 226 g/mol. The number of anilines is 1. The number of hydrogen-bond donors (Lipinski definition) is 1. The largest absolute Gasteiger partial charge is 0.426 e. The molecule has 1 aliphatic heterocycles. The Morgan fingerprint density at radius 3 is 3.17 bits per heavy atom. The van der Waals surface area contributed by atoms with Crippen LogP contribution in [0.5, 0.6) is 5.75 Å². The van der Waals surface area contributed by atoms with E-state index in [4.69, 9.17) is 4.74 Å². The number of benzene rings is 1. The molecule has 0 amide bonds. The predicted octanol–water partition coefficient (Wildman–Crippen LogP) is 3.48. The lowest BCUT2D eigenvalue weighted by Crippen LogP contribution is -2.18. The van der Waals surface area contributed by atoms with Crippen molar-refractivity contribution in [1.29, 1.82) is 0 Å². The summed E-state index contributed by atoms with van der Waals surface area (Å²) in [5.41, 5.74) is 2.12. The Bertz CT molecular complexity index is 454. The first-order valence-corrected chi connectivity index (χ1v) is 6.40. The highest BCUT2D eigenvalue weighted by Crippen LogP contribution is 2.35. The number of nitrogens with one attached hydrogen (secondary N) is 1. The lowest BCUT2D eigenvalue weighted by Gasteiger charge is -2.22. The zero-order valence-electron chi connectivity index (χ0n) is 10.7. The van der Waals surface area contributed by atoms with Crippen molar-refractivity contribution in [1.82, 2.24) is 0 Å². The first-order valence-electron chi connectivity index (χ1n) is 6.40. The molecule has 1 N–H and O–H groups in total. The van der Waals surface area contributed by atoms with Crippen molar-refractivity contribution in [2.75, 3.05) is 11.9 Å². The number of fused-ring (bicyclic) bond motifs is 1. The number of ether oxygens (including phenoxy) is 1. The summed E-state index contributed by atoms with van der Waals surface area (Å²) in [6.45, 7) is 6.64. The van der Waals surface area contributed by atoms with Gasteiger partial charge in [0.25, 0.3) is 0 Å². The van der Waals surface area contributed by atoms with Gasteiger partial charge < -0.3 is 10.1 Å². The third kappa shape index (κ3) is 2.92. The number of esters is 1. The number of allylic oxidation sites excluding steroid dienone is 1. The molecule has 1 aromatic rings. The van der Waals surface area contributed by atoms with Crippen molar-refractivity contribution in [3.63, 3.8) is 0 Å². The molecule has 0 bridgehead atoms. The van der Waals surface area contributed by atoms with Crippen LogP contribution in [0.15, 0.2) is 30.9 Å². The van der Waals surface area contributed by atoms with Crippen LogP contribution in [0, 0.1) is 0 Å². The Hall–Kier alpha value is -1.77. The molecule has 1 aliphatic rings. The van der Waals surface area contributed by atoms with Gasteiger partial charge in [-0.25, -0.2) is 0 Å². The smallest absolute Gasteiger partial charge is 0.311 e. The van der Waals surface area contributed by atoms with Gasteiger partial charge in [-0.2, -0.15) is 0 Å². The molecule has 1 aromatic carbocycles. The lowest BCUT2D eigenvalue weighted by molar-refractivity contribution is -0.135. The molecule has 3 heteroatoms. The first-order chi connectivity index (χ1) is 8.70. The molecule has 0 spiro atoms. The zero-order valence-corrected chi connectivity index (χ0v) is 10.7. The summed E-state index contributed by atoms with van der Waals surface area (Å²) >= 11 is 0. The maximum atomic E-state index is 11.4. The van der Waals surface area contributed by atoms with E-state index in [1.165, 1.54) is 0 Å². The van der Waals surface area contributed by atoms with Gasteiger partial charge in [0.15, 0.2) is 0 Å². The Kier molecular flexibility index (Phi) is 4.03. The Labute approximate surface area is 108 Å². The van der Waals surface area contributed by atoms with Crippen molar-refractivity contribution in [3.8, 4) is 5.75 Å². The van der Waals surface area contributed by atoms with Crippen molar-refractivity contribution in [2.45, 2.75) is 32.1 Å². The standard InChI is InChI=1S/C15H19NO2/c1-3-4-5-8-16-12-6-7-13-11(2)9-15(17)18-14(13)10-12/h3,6-7,10-11,16H,1,4-5,8-9H2,2H3. The van der Waals surface area contributed by atoms with Gasteiger partial charge in [-0.05, 0) is 30.4 Å². The maximum Gasteiger partial charge on any atom is 0.311 e. The molecular formula is C15H19NO2. The van der Waals surface area contributed by atoms with Crippen molar-refractivity contribution in [2.24, 2.45) is 0 Å². The van der Waals surface area contributed by atoms with Gasteiger partial charge in [0.2, 0.25) is 0 Å². The summed E-state index contributed by atoms with van der Waals surface area (Å²) in [5.74, 6) is 0.808. The van der Waals surface area contributed by atoms with E-state index in [1.807, 2.05) is 24.3 Å². The highest BCUT2D eigenvalue weighted by Gasteiger charge is 2.23. The average Bonchev–Trinajstić information content (AvgIpc) is 2.34. The predicted molar refractivity (Wildman–Crippen MR) is 73.0 cm³/mol. The van der Waals surface area contributed by atoms with Crippen LogP contribution in [-0.2, 0) is 4.79 Å². The fraction of sp³-hybridized carbons (Fsp3) is 0.400. The molecule has 96 valence electrons. The number of carbonyl (C=O) groups excluding carboxylic acids is 1. The number of rotatable bonds is 5. The second-order valence-electron chi connectivity index (χ2n) is 4.69. The molecule has 18 heavy (non-hydrogen) atoms. The lowest BCUT2D eigenvalue weighted by atomic mass is 9.94. The van der Waals surface area contributed by atoms with Gasteiger partial charge in [-0.15, -0.1) is 6.58 Å². The summed E-state index contributed by atoms with van der Waals surface area (Å²) in [4.78, 5) is 11.4. The summed E-state index contributed by atoms with van der Waals surface area (Å²) in [7, 11) is 0. The Morgan fingerprint density at radius 2 is 2.39 bits per heavy atom. The quantitative estimate of drug-likeness (QED) is 0.373. The third-order valence-corrected chi connectivity index (χ3v) is 3.16. The van der Waals surface area contributed by atoms with Crippen LogP contribution in [0.4, 0.5) is 5.69 Å². The fourth-order valence-electron chi connectivity index (χ4n) is 2.14.